The van der Waals surface area contributed by atoms with Crippen molar-refractivity contribution in [2.45, 2.75) is 32.4 Å². The Morgan fingerprint density at radius 2 is 2.00 bits per heavy atom. The lowest BCUT2D eigenvalue weighted by atomic mass is 10.1. The van der Waals surface area contributed by atoms with Crippen molar-refractivity contribution in [2.24, 2.45) is 0 Å². The van der Waals surface area contributed by atoms with Crippen LogP contribution in [0.25, 0.3) is 0 Å². The van der Waals surface area contributed by atoms with Gasteiger partial charge < -0.3 is 10.2 Å². The maximum absolute atomic E-state index is 11.3. The zero-order valence-corrected chi connectivity index (χ0v) is 13.3. The predicted octanol–water partition coefficient (Wildman–Crippen LogP) is 1.81. The SMILES string of the molecule is CC1(C)CN(CCCS(C)(=O)=O)c2ccccc2CN1. The highest BCUT2D eigenvalue weighted by atomic mass is 32.2. The van der Waals surface area contributed by atoms with Gasteiger partial charge in [-0.15, -0.1) is 0 Å². The van der Waals surface area contributed by atoms with E-state index < -0.39 is 9.84 Å². The Morgan fingerprint density at radius 3 is 2.70 bits per heavy atom. The highest BCUT2D eigenvalue weighted by Crippen LogP contribution is 2.26. The smallest absolute Gasteiger partial charge is 0.147 e. The molecule has 1 aliphatic heterocycles. The van der Waals surface area contributed by atoms with Gasteiger partial charge in [-0.3, -0.25) is 0 Å². The van der Waals surface area contributed by atoms with Crippen molar-refractivity contribution in [3.8, 4) is 0 Å². The summed E-state index contributed by atoms with van der Waals surface area (Å²) in [6.45, 7) is 6.87. The monoisotopic (exact) mass is 296 g/mol. The molecular formula is C15H24N2O2S. The van der Waals surface area contributed by atoms with Gasteiger partial charge in [0.15, 0.2) is 0 Å². The van der Waals surface area contributed by atoms with E-state index in [0.717, 1.165) is 19.6 Å². The fourth-order valence-electron chi connectivity index (χ4n) is 2.64. The summed E-state index contributed by atoms with van der Waals surface area (Å²) in [5.41, 5.74) is 2.51. The van der Waals surface area contributed by atoms with Crippen LogP contribution in [0.5, 0.6) is 0 Å². The first kappa shape index (κ1) is 15.3. The molecule has 5 heteroatoms. The topological polar surface area (TPSA) is 49.4 Å². The summed E-state index contributed by atoms with van der Waals surface area (Å²) in [6.07, 6.45) is 1.97. The highest BCUT2D eigenvalue weighted by molar-refractivity contribution is 7.90. The summed E-state index contributed by atoms with van der Waals surface area (Å²) < 4.78 is 22.6. The molecule has 0 amide bonds. The molecule has 1 aromatic rings. The number of sulfone groups is 1. The molecule has 0 atom stereocenters. The van der Waals surface area contributed by atoms with Crippen LogP contribution in [0, 0.1) is 0 Å². The summed E-state index contributed by atoms with van der Waals surface area (Å²) >= 11 is 0. The number of fused-ring (bicyclic) bond motifs is 1. The molecule has 0 saturated carbocycles. The molecule has 0 bridgehead atoms. The molecule has 112 valence electrons. The van der Waals surface area contributed by atoms with Crippen LogP contribution in [-0.2, 0) is 16.4 Å². The Bertz CT molecular complexity index is 567. The summed E-state index contributed by atoms with van der Waals surface area (Å²) in [5.74, 6) is 0.250. The van der Waals surface area contributed by atoms with Crippen molar-refractivity contribution in [1.29, 1.82) is 0 Å². The summed E-state index contributed by atoms with van der Waals surface area (Å²) in [5, 5.41) is 3.55. The van der Waals surface area contributed by atoms with Gasteiger partial charge in [0.05, 0.1) is 5.75 Å². The van der Waals surface area contributed by atoms with E-state index in [2.05, 4.69) is 36.2 Å². The Labute approximate surface area is 122 Å². The first-order chi connectivity index (χ1) is 9.27. The first-order valence-electron chi connectivity index (χ1n) is 7.02. The Morgan fingerprint density at radius 1 is 1.30 bits per heavy atom. The van der Waals surface area contributed by atoms with Crippen LogP contribution in [0.4, 0.5) is 5.69 Å². The van der Waals surface area contributed by atoms with Crippen LogP contribution in [-0.4, -0.2) is 39.1 Å². The van der Waals surface area contributed by atoms with E-state index in [9.17, 15) is 8.42 Å². The molecular weight excluding hydrogens is 272 g/mol. The fourth-order valence-corrected chi connectivity index (χ4v) is 3.29. The number of benzene rings is 1. The lowest BCUT2D eigenvalue weighted by Crippen LogP contribution is -2.47. The summed E-state index contributed by atoms with van der Waals surface area (Å²) in [6, 6.07) is 8.35. The van der Waals surface area contributed by atoms with Gasteiger partial charge in [-0.1, -0.05) is 18.2 Å². The average Bonchev–Trinajstić information content (AvgIpc) is 2.46. The van der Waals surface area contributed by atoms with Crippen molar-refractivity contribution in [3.63, 3.8) is 0 Å². The quantitative estimate of drug-likeness (QED) is 0.920. The van der Waals surface area contributed by atoms with Gasteiger partial charge in [0.2, 0.25) is 0 Å². The van der Waals surface area contributed by atoms with Crippen molar-refractivity contribution in [2.75, 3.05) is 30.0 Å². The van der Waals surface area contributed by atoms with Gasteiger partial charge in [-0.2, -0.15) is 0 Å². The van der Waals surface area contributed by atoms with E-state index in [-0.39, 0.29) is 11.3 Å². The van der Waals surface area contributed by atoms with E-state index in [1.165, 1.54) is 17.5 Å². The van der Waals surface area contributed by atoms with Gasteiger partial charge in [-0.05, 0) is 31.9 Å². The van der Waals surface area contributed by atoms with Crippen molar-refractivity contribution < 1.29 is 8.42 Å². The van der Waals surface area contributed by atoms with Crippen LogP contribution < -0.4 is 10.2 Å². The lowest BCUT2D eigenvalue weighted by Gasteiger charge is -2.32. The molecule has 4 nitrogen and oxygen atoms in total. The second-order valence-corrected chi connectivity index (χ2v) is 8.53. The number of hydrogen-bond acceptors (Lipinski definition) is 4. The number of nitrogens with zero attached hydrogens (tertiary/aromatic N) is 1. The van der Waals surface area contributed by atoms with Gasteiger partial charge in [0.25, 0.3) is 0 Å². The number of rotatable bonds is 4. The number of nitrogens with one attached hydrogen (secondary N) is 1. The van der Waals surface area contributed by atoms with E-state index in [4.69, 9.17) is 0 Å². The zero-order valence-electron chi connectivity index (χ0n) is 12.5. The third-order valence-electron chi connectivity index (χ3n) is 3.62. The first-order valence-corrected chi connectivity index (χ1v) is 9.08. The third-order valence-corrected chi connectivity index (χ3v) is 4.65. The molecule has 2 rings (SSSR count). The Balaban J connectivity index is 2.15. The summed E-state index contributed by atoms with van der Waals surface area (Å²) in [4.78, 5) is 2.31. The van der Waals surface area contributed by atoms with Crippen molar-refractivity contribution in [3.05, 3.63) is 29.8 Å². The molecule has 20 heavy (non-hydrogen) atoms. The number of hydrogen-bond donors (Lipinski definition) is 1. The molecule has 1 aliphatic rings. The van der Waals surface area contributed by atoms with Crippen LogP contribution in [0.2, 0.25) is 0 Å². The summed E-state index contributed by atoms with van der Waals surface area (Å²) in [7, 11) is -2.88. The average molecular weight is 296 g/mol. The van der Waals surface area contributed by atoms with E-state index >= 15 is 0 Å². The molecule has 0 aromatic heterocycles. The van der Waals surface area contributed by atoms with Crippen LogP contribution in [0.1, 0.15) is 25.8 Å². The molecule has 0 aliphatic carbocycles. The highest BCUT2D eigenvalue weighted by Gasteiger charge is 2.26. The van der Waals surface area contributed by atoms with E-state index in [1.807, 2.05) is 12.1 Å². The minimum Gasteiger partial charge on any atom is -0.369 e. The second kappa shape index (κ2) is 5.74. The van der Waals surface area contributed by atoms with Crippen LogP contribution in [0.3, 0.4) is 0 Å². The van der Waals surface area contributed by atoms with Gasteiger partial charge in [0.1, 0.15) is 9.84 Å². The molecule has 0 radical (unpaired) electrons. The van der Waals surface area contributed by atoms with E-state index in [0.29, 0.717) is 6.42 Å². The Hall–Kier alpha value is -1.07. The number of anilines is 1. The second-order valence-electron chi connectivity index (χ2n) is 6.27. The largest absolute Gasteiger partial charge is 0.369 e. The Kier molecular flexibility index (Phi) is 4.39. The third kappa shape index (κ3) is 4.21. The van der Waals surface area contributed by atoms with E-state index in [1.54, 1.807) is 0 Å². The van der Waals surface area contributed by atoms with Gasteiger partial charge in [-0.25, -0.2) is 8.42 Å². The van der Waals surface area contributed by atoms with Crippen molar-refractivity contribution in [1.82, 2.24) is 5.32 Å². The normalized spacial score (nSPS) is 18.4. The molecule has 0 unspecified atom stereocenters. The van der Waals surface area contributed by atoms with Crippen LogP contribution in [0.15, 0.2) is 24.3 Å². The molecule has 0 spiro atoms. The maximum atomic E-state index is 11.3. The minimum absolute atomic E-state index is 0.0180. The molecule has 1 heterocycles. The standard InChI is InChI=1S/C15H24N2O2S/c1-15(2)12-17(9-6-10-20(3,18)19)14-8-5-4-7-13(14)11-16-15/h4-5,7-8,16H,6,9-12H2,1-3H3. The van der Waals surface area contributed by atoms with Gasteiger partial charge >= 0.3 is 0 Å². The molecule has 1 N–H and O–H groups in total. The minimum atomic E-state index is -2.88. The molecule has 0 fully saturated rings. The predicted molar refractivity (Wildman–Crippen MR) is 83.9 cm³/mol. The fraction of sp³-hybridized carbons (Fsp3) is 0.600. The lowest BCUT2D eigenvalue weighted by molar-refractivity contribution is 0.395. The molecule has 1 aromatic carbocycles. The van der Waals surface area contributed by atoms with Gasteiger partial charge in [0, 0.05) is 37.1 Å². The van der Waals surface area contributed by atoms with Crippen LogP contribution >= 0.6 is 0 Å². The van der Waals surface area contributed by atoms with Crippen molar-refractivity contribution >= 4 is 15.5 Å². The molecule has 0 saturated heterocycles. The number of para-hydroxylation sites is 1. The zero-order chi connectivity index (χ0) is 14.8. The maximum Gasteiger partial charge on any atom is 0.147 e.